The Morgan fingerprint density at radius 3 is 2.47 bits per heavy atom. The van der Waals surface area contributed by atoms with Gasteiger partial charge in [-0.15, -0.1) is 0 Å². The van der Waals surface area contributed by atoms with E-state index in [1.807, 2.05) is 43.6 Å². The second kappa shape index (κ2) is 5.73. The van der Waals surface area contributed by atoms with Crippen molar-refractivity contribution in [2.45, 2.75) is 34.1 Å². The van der Waals surface area contributed by atoms with Gasteiger partial charge >= 0.3 is 0 Å². The molecule has 0 saturated carbocycles. The van der Waals surface area contributed by atoms with E-state index in [0.717, 1.165) is 23.5 Å². The molecule has 5 heteroatoms. The zero-order valence-electron chi connectivity index (χ0n) is 11.9. The number of nitrogens with one attached hydrogen (secondary N) is 1. The monoisotopic (exact) mass is 260 g/mol. The Bertz CT molecular complexity index is 543. The van der Waals surface area contributed by atoms with Crippen molar-refractivity contribution in [1.82, 2.24) is 14.6 Å². The van der Waals surface area contributed by atoms with Crippen LogP contribution in [0, 0.1) is 20.8 Å². The minimum absolute atomic E-state index is 0.550. The lowest BCUT2D eigenvalue weighted by molar-refractivity contribution is 0.305. The van der Waals surface area contributed by atoms with E-state index in [0.29, 0.717) is 18.4 Å². The van der Waals surface area contributed by atoms with Crippen LogP contribution in [0.3, 0.4) is 0 Å². The van der Waals surface area contributed by atoms with Gasteiger partial charge in [-0.3, -0.25) is 10.1 Å². The van der Waals surface area contributed by atoms with Gasteiger partial charge in [-0.1, -0.05) is 6.92 Å². The lowest BCUT2D eigenvalue weighted by Gasteiger charge is -2.12. The summed E-state index contributed by atoms with van der Waals surface area (Å²) in [7, 11) is 0. The van der Waals surface area contributed by atoms with E-state index in [1.54, 1.807) is 0 Å². The van der Waals surface area contributed by atoms with Crippen LogP contribution in [-0.2, 0) is 0 Å². The fraction of sp³-hybridized carbons (Fsp3) is 0.429. The molecule has 0 aliphatic carbocycles. The van der Waals surface area contributed by atoms with Crippen LogP contribution in [0.1, 0.15) is 30.4 Å². The smallest absolute Gasteiger partial charge is 0.245 e. The summed E-state index contributed by atoms with van der Waals surface area (Å²) in [6.45, 7) is 8.73. The summed E-state index contributed by atoms with van der Waals surface area (Å²) in [6.07, 6.45) is 0.960. The standard InChI is InChI=1S/C14H20N4O/c1-5-8-19-13-9-10(2)15-14(16-13)17-18-11(3)6-7-12(18)4/h6-7,9H,5,8H2,1-4H3,(H,15,16,17). The number of aromatic nitrogens is 3. The van der Waals surface area contributed by atoms with Crippen LogP contribution in [-0.4, -0.2) is 21.3 Å². The van der Waals surface area contributed by atoms with Crippen LogP contribution in [0.4, 0.5) is 5.95 Å². The molecule has 0 saturated heterocycles. The normalized spacial score (nSPS) is 10.5. The molecular formula is C14H20N4O. The zero-order chi connectivity index (χ0) is 13.8. The number of ether oxygens (including phenoxy) is 1. The largest absolute Gasteiger partial charge is 0.478 e. The minimum atomic E-state index is 0.550. The first kappa shape index (κ1) is 13.4. The Morgan fingerprint density at radius 1 is 1.16 bits per heavy atom. The molecule has 2 aromatic rings. The van der Waals surface area contributed by atoms with Crippen molar-refractivity contribution in [2.75, 3.05) is 12.0 Å². The highest BCUT2D eigenvalue weighted by Gasteiger charge is 2.06. The van der Waals surface area contributed by atoms with E-state index in [-0.39, 0.29) is 0 Å². The van der Waals surface area contributed by atoms with Crippen LogP contribution in [0.25, 0.3) is 0 Å². The van der Waals surface area contributed by atoms with Crippen molar-refractivity contribution in [3.05, 3.63) is 35.3 Å². The van der Waals surface area contributed by atoms with E-state index < -0.39 is 0 Å². The Balaban J connectivity index is 2.22. The number of rotatable bonds is 5. The summed E-state index contributed by atoms with van der Waals surface area (Å²) in [4.78, 5) is 8.74. The summed E-state index contributed by atoms with van der Waals surface area (Å²) in [6, 6.07) is 5.94. The van der Waals surface area contributed by atoms with Crippen molar-refractivity contribution >= 4 is 5.95 Å². The van der Waals surface area contributed by atoms with Gasteiger partial charge in [0.25, 0.3) is 0 Å². The number of aryl methyl sites for hydroxylation is 3. The van der Waals surface area contributed by atoms with Gasteiger partial charge in [0.05, 0.1) is 6.61 Å². The predicted molar refractivity (Wildman–Crippen MR) is 75.5 cm³/mol. The quantitative estimate of drug-likeness (QED) is 0.898. The molecular weight excluding hydrogens is 240 g/mol. The molecule has 0 aliphatic rings. The van der Waals surface area contributed by atoms with E-state index in [2.05, 4.69) is 22.3 Å². The first-order valence-corrected chi connectivity index (χ1v) is 6.50. The van der Waals surface area contributed by atoms with Gasteiger partial charge in [0.1, 0.15) is 0 Å². The van der Waals surface area contributed by atoms with Gasteiger partial charge in [0.2, 0.25) is 11.8 Å². The summed E-state index contributed by atoms with van der Waals surface area (Å²) >= 11 is 0. The lowest BCUT2D eigenvalue weighted by atomic mass is 10.4. The topological polar surface area (TPSA) is 52.0 Å². The summed E-state index contributed by atoms with van der Waals surface area (Å²) < 4.78 is 7.51. The van der Waals surface area contributed by atoms with E-state index in [4.69, 9.17) is 4.74 Å². The zero-order valence-corrected chi connectivity index (χ0v) is 11.9. The molecule has 0 spiro atoms. The SMILES string of the molecule is CCCOc1cc(C)nc(Nn2c(C)ccc2C)n1. The van der Waals surface area contributed by atoms with Gasteiger partial charge in [-0.05, 0) is 39.3 Å². The molecule has 0 atom stereocenters. The molecule has 2 rings (SSSR count). The number of anilines is 1. The molecule has 0 bridgehead atoms. The average molecular weight is 260 g/mol. The number of nitrogens with zero attached hydrogens (tertiary/aromatic N) is 3. The maximum absolute atomic E-state index is 5.56. The molecule has 2 heterocycles. The molecule has 0 radical (unpaired) electrons. The third-order valence-electron chi connectivity index (χ3n) is 2.77. The second-order valence-electron chi connectivity index (χ2n) is 4.58. The minimum Gasteiger partial charge on any atom is -0.478 e. The second-order valence-corrected chi connectivity index (χ2v) is 4.58. The molecule has 0 fully saturated rings. The van der Waals surface area contributed by atoms with Crippen LogP contribution in [0.5, 0.6) is 5.88 Å². The Hall–Kier alpha value is -2.04. The van der Waals surface area contributed by atoms with Gasteiger partial charge < -0.3 is 4.74 Å². The van der Waals surface area contributed by atoms with Crippen molar-refractivity contribution in [3.63, 3.8) is 0 Å². The molecule has 0 aliphatic heterocycles. The Kier molecular flexibility index (Phi) is 4.04. The highest BCUT2D eigenvalue weighted by molar-refractivity contribution is 5.32. The predicted octanol–water partition coefficient (Wildman–Crippen LogP) is 2.87. The van der Waals surface area contributed by atoms with Crippen molar-refractivity contribution < 1.29 is 4.74 Å². The van der Waals surface area contributed by atoms with Crippen molar-refractivity contribution in [3.8, 4) is 5.88 Å². The van der Waals surface area contributed by atoms with E-state index >= 15 is 0 Å². The molecule has 0 amide bonds. The van der Waals surface area contributed by atoms with Gasteiger partial charge in [-0.25, -0.2) is 4.98 Å². The lowest BCUT2D eigenvalue weighted by Crippen LogP contribution is -2.15. The molecule has 2 aromatic heterocycles. The van der Waals surface area contributed by atoms with Crippen molar-refractivity contribution in [1.29, 1.82) is 0 Å². The van der Waals surface area contributed by atoms with Crippen LogP contribution in [0.15, 0.2) is 18.2 Å². The summed E-state index contributed by atoms with van der Waals surface area (Å²) in [5.74, 6) is 1.16. The Morgan fingerprint density at radius 2 is 1.84 bits per heavy atom. The summed E-state index contributed by atoms with van der Waals surface area (Å²) in [5.41, 5.74) is 6.29. The highest BCUT2D eigenvalue weighted by atomic mass is 16.5. The van der Waals surface area contributed by atoms with Crippen LogP contribution >= 0.6 is 0 Å². The highest BCUT2D eigenvalue weighted by Crippen LogP contribution is 2.14. The summed E-state index contributed by atoms with van der Waals surface area (Å²) in [5, 5.41) is 0. The van der Waals surface area contributed by atoms with Gasteiger partial charge in [-0.2, -0.15) is 4.98 Å². The number of hydrogen-bond acceptors (Lipinski definition) is 4. The maximum atomic E-state index is 5.56. The average Bonchev–Trinajstić information content (AvgIpc) is 2.67. The first-order chi connectivity index (χ1) is 9.10. The van der Waals surface area contributed by atoms with Gasteiger partial charge in [0.15, 0.2) is 0 Å². The fourth-order valence-corrected chi connectivity index (χ4v) is 1.82. The molecule has 0 unspecified atom stereocenters. The third-order valence-corrected chi connectivity index (χ3v) is 2.77. The van der Waals surface area contributed by atoms with Crippen LogP contribution < -0.4 is 10.2 Å². The first-order valence-electron chi connectivity index (χ1n) is 6.50. The number of hydrogen-bond donors (Lipinski definition) is 1. The van der Waals surface area contributed by atoms with E-state index in [9.17, 15) is 0 Å². The van der Waals surface area contributed by atoms with E-state index in [1.165, 1.54) is 0 Å². The maximum Gasteiger partial charge on any atom is 0.245 e. The molecule has 5 nitrogen and oxygen atoms in total. The molecule has 19 heavy (non-hydrogen) atoms. The van der Waals surface area contributed by atoms with Gasteiger partial charge in [0, 0.05) is 23.1 Å². The van der Waals surface area contributed by atoms with Crippen LogP contribution in [0.2, 0.25) is 0 Å². The molecule has 0 aromatic carbocycles. The molecule has 102 valence electrons. The Labute approximate surface area is 113 Å². The fourth-order valence-electron chi connectivity index (χ4n) is 1.82. The van der Waals surface area contributed by atoms with Crippen molar-refractivity contribution in [2.24, 2.45) is 0 Å². The molecule has 1 N–H and O–H groups in total. The third kappa shape index (κ3) is 3.24.